The van der Waals surface area contributed by atoms with Crippen molar-refractivity contribution >= 4 is 50.3 Å². The van der Waals surface area contributed by atoms with Crippen molar-refractivity contribution in [3.63, 3.8) is 0 Å². The van der Waals surface area contributed by atoms with E-state index in [1.807, 2.05) is 25.7 Å². The summed E-state index contributed by atoms with van der Waals surface area (Å²) in [5, 5.41) is 3.18. The molecule has 2 aromatic carbocycles. The Morgan fingerprint density at radius 3 is 1.57 bits per heavy atom. The summed E-state index contributed by atoms with van der Waals surface area (Å²) in [5.41, 5.74) is -0.654. The number of hydrogen-bond acceptors (Lipinski definition) is 9. The van der Waals surface area contributed by atoms with E-state index in [1.165, 1.54) is 18.2 Å². The van der Waals surface area contributed by atoms with Gasteiger partial charge in [-0.15, -0.1) is 26.3 Å². The summed E-state index contributed by atoms with van der Waals surface area (Å²) in [5.74, 6) is -0.733. The van der Waals surface area contributed by atoms with E-state index in [9.17, 15) is 40.7 Å². The first-order valence-electron chi connectivity index (χ1n) is 16.3. The third-order valence-corrected chi connectivity index (χ3v) is 7.76. The Morgan fingerprint density at radius 1 is 0.704 bits per heavy atom. The van der Waals surface area contributed by atoms with Crippen molar-refractivity contribution in [3.05, 3.63) is 56.5 Å². The molecule has 0 aliphatic carbocycles. The maximum absolute atomic E-state index is 12.6. The van der Waals surface area contributed by atoms with Crippen LogP contribution in [-0.2, 0) is 16.0 Å². The first-order chi connectivity index (χ1) is 24.3. The van der Waals surface area contributed by atoms with Crippen molar-refractivity contribution in [2.45, 2.75) is 79.4 Å². The number of amides is 2. The number of rotatable bonds is 5. The highest BCUT2D eigenvalue weighted by molar-refractivity contribution is 9.10. The van der Waals surface area contributed by atoms with Gasteiger partial charge in [-0.2, -0.15) is 0 Å². The molecule has 2 aromatic rings. The molecule has 2 saturated heterocycles. The van der Waals surface area contributed by atoms with Crippen LogP contribution in [0.15, 0.2) is 45.3 Å². The van der Waals surface area contributed by atoms with Gasteiger partial charge >= 0.3 is 24.9 Å². The van der Waals surface area contributed by atoms with E-state index in [1.54, 1.807) is 42.7 Å². The van der Waals surface area contributed by atoms with E-state index in [-0.39, 0.29) is 36.5 Å². The van der Waals surface area contributed by atoms with Crippen molar-refractivity contribution in [2.75, 3.05) is 52.4 Å². The maximum Gasteiger partial charge on any atom is 0.573 e. The number of ether oxygens (including phenoxy) is 4. The quantitative estimate of drug-likeness (QED) is 0.232. The molecule has 2 aliphatic heterocycles. The third-order valence-electron chi connectivity index (χ3n) is 6.77. The molecule has 2 amide bonds. The SMILES string of the molecule is C.CC(C)(C)OC(=O)N1CCN(Cc2ccc(Br)cc2OC(F)(F)F)CC1.CC(C)(C)OC(=O)N1CCNCC1.O=Cc1ccc(Br)cc1OC(F)(F)F. The van der Waals surface area contributed by atoms with Crippen LogP contribution in [0.25, 0.3) is 0 Å². The van der Waals surface area contributed by atoms with Gasteiger partial charge in [0.05, 0.1) is 5.56 Å². The summed E-state index contributed by atoms with van der Waals surface area (Å²) in [6.45, 7) is 16.6. The van der Waals surface area contributed by atoms with Gasteiger partial charge in [-0.05, 0) is 71.9 Å². The Balaban J connectivity index is 0.000000440. The van der Waals surface area contributed by atoms with Gasteiger partial charge in [0.2, 0.25) is 0 Å². The summed E-state index contributed by atoms with van der Waals surface area (Å²) in [4.78, 5) is 39.2. The van der Waals surface area contributed by atoms with Crippen LogP contribution in [0.5, 0.6) is 11.5 Å². The van der Waals surface area contributed by atoms with Crippen LogP contribution in [-0.4, -0.2) is 109 Å². The van der Waals surface area contributed by atoms with Crippen LogP contribution in [0.4, 0.5) is 35.9 Å². The normalized spacial score (nSPS) is 15.3. The molecule has 54 heavy (non-hydrogen) atoms. The number of piperazine rings is 2. The largest absolute Gasteiger partial charge is 0.573 e. The van der Waals surface area contributed by atoms with Crippen LogP contribution < -0.4 is 14.8 Å². The predicted octanol–water partition coefficient (Wildman–Crippen LogP) is 9.02. The summed E-state index contributed by atoms with van der Waals surface area (Å²) in [6.07, 6.45) is -9.81. The number of carbonyl (C=O) groups is 3. The Hall–Kier alpha value is -3.29. The fourth-order valence-electron chi connectivity index (χ4n) is 4.53. The molecule has 19 heteroatoms. The second-order valence-electron chi connectivity index (χ2n) is 13.6. The van der Waals surface area contributed by atoms with Crippen molar-refractivity contribution in [2.24, 2.45) is 0 Å². The van der Waals surface area contributed by atoms with Gasteiger partial charge < -0.3 is 34.1 Å². The van der Waals surface area contributed by atoms with Crippen molar-refractivity contribution in [1.82, 2.24) is 20.0 Å². The molecule has 0 atom stereocenters. The van der Waals surface area contributed by atoms with E-state index in [0.717, 1.165) is 32.2 Å². The zero-order valence-corrected chi connectivity index (χ0v) is 33.3. The number of nitrogens with zero attached hydrogens (tertiary/aromatic N) is 3. The fourth-order valence-corrected chi connectivity index (χ4v) is 5.21. The van der Waals surface area contributed by atoms with Gasteiger partial charge in [0.15, 0.2) is 6.29 Å². The topological polar surface area (TPSA) is 110 Å². The molecule has 2 fully saturated rings. The standard InChI is InChI=1S/C17H22BrF3N2O3.C9H18N2O2.C8H4BrF3O2.CH4/c1-16(2,3)26-15(24)23-8-6-22(7-9-23)11-12-4-5-13(18)10-14(12)25-17(19,20)21;1-9(2,3)13-8(12)11-6-4-10-5-7-11;9-6-2-1-5(4-13)7(3-6)14-8(10,11)12;/h4-5,10H,6-9,11H2,1-3H3;10H,4-7H2,1-3H3;1-4H;1H4. The minimum Gasteiger partial charge on any atom is -0.444 e. The lowest BCUT2D eigenvalue weighted by molar-refractivity contribution is -0.275. The molecule has 1 N–H and O–H groups in total. The molecule has 306 valence electrons. The number of hydrogen-bond donors (Lipinski definition) is 1. The number of benzene rings is 2. The molecule has 2 aliphatic rings. The lowest BCUT2D eigenvalue weighted by atomic mass is 10.1. The molecule has 0 bridgehead atoms. The maximum atomic E-state index is 12.6. The highest BCUT2D eigenvalue weighted by Gasteiger charge is 2.34. The molecule has 0 saturated carbocycles. The monoisotopic (exact) mass is 908 g/mol. The van der Waals surface area contributed by atoms with E-state index in [2.05, 4.69) is 46.7 Å². The van der Waals surface area contributed by atoms with Crippen molar-refractivity contribution in [1.29, 1.82) is 0 Å². The Labute approximate surface area is 328 Å². The van der Waals surface area contributed by atoms with Gasteiger partial charge in [0.25, 0.3) is 0 Å². The van der Waals surface area contributed by atoms with E-state index < -0.39 is 24.1 Å². The van der Waals surface area contributed by atoms with Gasteiger partial charge in [-0.3, -0.25) is 9.69 Å². The smallest absolute Gasteiger partial charge is 0.444 e. The summed E-state index contributed by atoms with van der Waals surface area (Å²) in [7, 11) is 0. The average Bonchev–Trinajstić information content (AvgIpc) is 3.01. The highest BCUT2D eigenvalue weighted by Crippen LogP contribution is 2.31. The van der Waals surface area contributed by atoms with Gasteiger partial charge in [-0.1, -0.05) is 45.4 Å². The Bertz CT molecular complexity index is 1500. The third kappa shape index (κ3) is 19.9. The van der Waals surface area contributed by atoms with Crippen molar-refractivity contribution < 1.29 is 59.7 Å². The Morgan fingerprint density at radius 2 is 1.13 bits per heavy atom. The second kappa shape index (κ2) is 21.1. The first-order valence-corrected chi connectivity index (χ1v) is 17.9. The number of aldehydes is 1. The van der Waals surface area contributed by atoms with E-state index in [4.69, 9.17) is 9.47 Å². The van der Waals surface area contributed by atoms with E-state index >= 15 is 0 Å². The lowest BCUT2D eigenvalue weighted by Crippen LogP contribution is -2.49. The second-order valence-corrected chi connectivity index (χ2v) is 15.4. The van der Waals surface area contributed by atoms with E-state index in [0.29, 0.717) is 53.5 Å². The van der Waals surface area contributed by atoms with Gasteiger partial charge in [0, 0.05) is 73.4 Å². The van der Waals surface area contributed by atoms with Crippen LogP contribution in [0.3, 0.4) is 0 Å². The van der Waals surface area contributed by atoms with Crippen LogP contribution in [0.1, 0.15) is 64.9 Å². The molecule has 11 nitrogen and oxygen atoms in total. The molecule has 4 rings (SSSR count). The number of alkyl halides is 6. The number of halogens is 8. The number of nitrogens with one attached hydrogen (secondary N) is 1. The van der Waals surface area contributed by atoms with Crippen LogP contribution >= 0.6 is 31.9 Å². The molecular weight excluding hydrogens is 862 g/mol. The Kier molecular flexibility index (Phi) is 19.1. The summed E-state index contributed by atoms with van der Waals surface area (Å²) >= 11 is 6.13. The zero-order chi connectivity index (χ0) is 40.2. The highest BCUT2D eigenvalue weighted by atomic mass is 79.9. The van der Waals surface area contributed by atoms with Gasteiger partial charge in [-0.25, -0.2) is 9.59 Å². The summed E-state index contributed by atoms with van der Waals surface area (Å²) < 4.78 is 92.6. The average molecular weight is 911 g/mol. The predicted molar refractivity (Wildman–Crippen MR) is 198 cm³/mol. The molecule has 0 aromatic heterocycles. The first kappa shape index (κ1) is 48.7. The zero-order valence-electron chi connectivity index (χ0n) is 30.1. The fraction of sp³-hybridized carbons (Fsp3) is 0.571. The summed E-state index contributed by atoms with van der Waals surface area (Å²) in [6, 6.07) is 8.35. The van der Waals surface area contributed by atoms with Crippen LogP contribution in [0, 0.1) is 0 Å². The number of carbonyl (C=O) groups excluding carboxylic acids is 3. The van der Waals surface area contributed by atoms with Crippen LogP contribution in [0.2, 0.25) is 0 Å². The molecule has 0 unspecified atom stereocenters. The minimum absolute atomic E-state index is 0. The molecular formula is C35H48Br2F6N4O7. The minimum atomic E-state index is -4.79. The van der Waals surface area contributed by atoms with Gasteiger partial charge in [0.1, 0.15) is 22.7 Å². The molecule has 0 spiro atoms. The molecule has 0 radical (unpaired) electrons. The molecule has 2 heterocycles. The van der Waals surface area contributed by atoms with Crippen molar-refractivity contribution in [3.8, 4) is 11.5 Å². The lowest BCUT2D eigenvalue weighted by Gasteiger charge is -2.35.